The van der Waals surface area contributed by atoms with Gasteiger partial charge in [-0.15, -0.1) is 0 Å². The Balaban J connectivity index is 1.60. The van der Waals surface area contributed by atoms with Crippen LogP contribution in [-0.4, -0.2) is 22.0 Å². The zero-order valence-electron chi connectivity index (χ0n) is 13.9. The Hall–Kier alpha value is -3.22. The third kappa shape index (κ3) is 2.71. The largest absolute Gasteiger partial charge is 0.328 e. The summed E-state index contributed by atoms with van der Waals surface area (Å²) in [5.74, 6) is -0.457. The molecular formula is C19H16FN3O3. The number of benzene rings is 2. The second-order valence-corrected chi connectivity index (χ2v) is 6.25. The van der Waals surface area contributed by atoms with Gasteiger partial charge in [0.25, 0.3) is 5.56 Å². The zero-order chi connectivity index (χ0) is 18.3. The molecule has 0 saturated heterocycles. The van der Waals surface area contributed by atoms with Crippen molar-refractivity contribution in [2.24, 2.45) is 0 Å². The van der Waals surface area contributed by atoms with Crippen LogP contribution >= 0.6 is 0 Å². The third-order valence-electron chi connectivity index (χ3n) is 4.69. The van der Waals surface area contributed by atoms with Gasteiger partial charge in [0.2, 0.25) is 5.91 Å². The number of aromatic amines is 1. The molecule has 7 heteroatoms. The van der Waals surface area contributed by atoms with E-state index in [-0.39, 0.29) is 24.7 Å². The Morgan fingerprint density at radius 3 is 2.81 bits per heavy atom. The van der Waals surface area contributed by atoms with E-state index >= 15 is 0 Å². The van der Waals surface area contributed by atoms with Gasteiger partial charge in [0.05, 0.1) is 10.9 Å². The van der Waals surface area contributed by atoms with E-state index in [0.29, 0.717) is 23.9 Å². The van der Waals surface area contributed by atoms with Crippen LogP contribution in [0.3, 0.4) is 0 Å². The first-order valence-corrected chi connectivity index (χ1v) is 8.35. The maximum absolute atomic E-state index is 13.3. The molecule has 1 amide bonds. The van der Waals surface area contributed by atoms with Gasteiger partial charge >= 0.3 is 5.69 Å². The monoisotopic (exact) mass is 353 g/mol. The van der Waals surface area contributed by atoms with Crippen LogP contribution in [0.5, 0.6) is 0 Å². The van der Waals surface area contributed by atoms with Crippen molar-refractivity contribution in [3.05, 3.63) is 74.7 Å². The quantitative estimate of drug-likeness (QED) is 0.780. The fourth-order valence-electron chi connectivity index (χ4n) is 3.44. The number of carbonyl (C=O) groups excluding carboxylic acids is 1. The van der Waals surface area contributed by atoms with Crippen LogP contribution < -0.4 is 16.1 Å². The number of fused-ring (bicyclic) bond motifs is 2. The second-order valence-electron chi connectivity index (χ2n) is 6.25. The van der Waals surface area contributed by atoms with E-state index in [1.807, 2.05) is 0 Å². The molecule has 2 heterocycles. The van der Waals surface area contributed by atoms with Crippen LogP contribution in [0.4, 0.5) is 10.1 Å². The number of anilines is 1. The number of H-pyrrole nitrogens is 1. The second kappa shape index (κ2) is 6.25. The van der Waals surface area contributed by atoms with Crippen molar-refractivity contribution < 1.29 is 9.18 Å². The predicted octanol–water partition coefficient (Wildman–Crippen LogP) is 1.81. The highest BCUT2D eigenvalue weighted by Crippen LogP contribution is 2.29. The number of aromatic nitrogens is 2. The molecule has 4 rings (SSSR count). The van der Waals surface area contributed by atoms with Gasteiger partial charge < -0.3 is 4.90 Å². The summed E-state index contributed by atoms with van der Waals surface area (Å²) < 4.78 is 14.7. The summed E-state index contributed by atoms with van der Waals surface area (Å²) in [5, 5.41) is 0.404. The van der Waals surface area contributed by atoms with Gasteiger partial charge in [-0.25, -0.2) is 9.18 Å². The van der Waals surface area contributed by atoms with Gasteiger partial charge in [0.15, 0.2) is 0 Å². The van der Waals surface area contributed by atoms with Crippen molar-refractivity contribution in [1.82, 2.24) is 9.55 Å². The lowest BCUT2D eigenvalue weighted by atomic mass is 10.1. The zero-order valence-corrected chi connectivity index (χ0v) is 13.9. The molecule has 132 valence electrons. The topological polar surface area (TPSA) is 75.2 Å². The average Bonchev–Trinajstić information content (AvgIpc) is 3.04. The third-order valence-corrected chi connectivity index (χ3v) is 4.69. The van der Waals surface area contributed by atoms with Crippen molar-refractivity contribution in [2.75, 3.05) is 11.4 Å². The molecule has 6 nitrogen and oxygen atoms in total. The van der Waals surface area contributed by atoms with Crippen LogP contribution in [0.2, 0.25) is 0 Å². The first kappa shape index (κ1) is 16.3. The fraction of sp³-hybridized carbons (Fsp3) is 0.211. The smallest absolute Gasteiger partial charge is 0.312 e. The van der Waals surface area contributed by atoms with Gasteiger partial charge in [0.1, 0.15) is 5.82 Å². The molecule has 26 heavy (non-hydrogen) atoms. The summed E-state index contributed by atoms with van der Waals surface area (Å²) >= 11 is 0. The fourth-order valence-corrected chi connectivity index (χ4v) is 3.44. The van der Waals surface area contributed by atoms with E-state index in [1.54, 1.807) is 35.2 Å². The van der Waals surface area contributed by atoms with Crippen molar-refractivity contribution in [3.63, 3.8) is 0 Å². The minimum Gasteiger partial charge on any atom is -0.312 e. The highest BCUT2D eigenvalue weighted by atomic mass is 19.1. The van der Waals surface area contributed by atoms with Crippen LogP contribution in [0.1, 0.15) is 12.0 Å². The summed E-state index contributed by atoms with van der Waals surface area (Å²) in [4.78, 5) is 40.6. The molecule has 0 atom stereocenters. The molecule has 0 spiro atoms. The highest BCUT2D eigenvalue weighted by Gasteiger charge is 2.24. The average molecular weight is 353 g/mol. The van der Waals surface area contributed by atoms with Gasteiger partial charge in [0, 0.05) is 25.2 Å². The van der Waals surface area contributed by atoms with E-state index in [0.717, 1.165) is 11.3 Å². The van der Waals surface area contributed by atoms with Crippen LogP contribution in [0, 0.1) is 5.82 Å². The Kier molecular flexibility index (Phi) is 3.91. The van der Waals surface area contributed by atoms with Crippen molar-refractivity contribution >= 4 is 22.5 Å². The minimum absolute atomic E-state index is 0.104. The maximum Gasteiger partial charge on any atom is 0.328 e. The number of hydrogen-bond donors (Lipinski definition) is 1. The number of aryl methyl sites for hydroxylation is 1. The number of para-hydroxylation sites is 1. The molecule has 1 N–H and O–H groups in total. The molecule has 1 aliphatic heterocycles. The Bertz CT molecular complexity index is 1130. The maximum atomic E-state index is 13.3. The molecule has 0 saturated carbocycles. The van der Waals surface area contributed by atoms with E-state index in [4.69, 9.17) is 0 Å². The summed E-state index contributed by atoms with van der Waals surface area (Å²) in [6.45, 7) is 0.654. The molecule has 1 aromatic heterocycles. The number of nitrogens with zero attached hydrogens (tertiary/aromatic N) is 2. The summed E-state index contributed by atoms with van der Waals surface area (Å²) in [6.07, 6.45) is 0.715. The lowest BCUT2D eigenvalue weighted by molar-refractivity contribution is -0.118. The van der Waals surface area contributed by atoms with Gasteiger partial charge in [-0.3, -0.25) is 19.1 Å². The van der Waals surface area contributed by atoms with Crippen LogP contribution in [0.15, 0.2) is 52.1 Å². The molecule has 3 aromatic rings. The number of rotatable bonds is 3. The predicted molar refractivity (Wildman–Crippen MR) is 95.9 cm³/mol. The first-order chi connectivity index (χ1) is 12.5. The van der Waals surface area contributed by atoms with Crippen molar-refractivity contribution in [2.45, 2.75) is 19.4 Å². The summed E-state index contributed by atoms with van der Waals surface area (Å²) in [6, 6.07) is 11.2. The number of amides is 1. The van der Waals surface area contributed by atoms with Crippen LogP contribution in [-0.2, 0) is 17.8 Å². The number of halogens is 1. The van der Waals surface area contributed by atoms with Gasteiger partial charge in [-0.05, 0) is 42.3 Å². The van der Waals surface area contributed by atoms with E-state index < -0.39 is 11.2 Å². The Labute approximate surface area is 147 Å². The molecule has 1 aliphatic rings. The van der Waals surface area contributed by atoms with Crippen molar-refractivity contribution in [1.29, 1.82) is 0 Å². The number of nitrogens with one attached hydrogen (secondary N) is 1. The van der Waals surface area contributed by atoms with Crippen LogP contribution in [0.25, 0.3) is 10.9 Å². The molecular weight excluding hydrogens is 337 g/mol. The molecule has 2 aromatic carbocycles. The number of carbonyl (C=O) groups is 1. The summed E-state index contributed by atoms with van der Waals surface area (Å²) in [5.41, 5.74) is 1.05. The van der Waals surface area contributed by atoms with E-state index in [9.17, 15) is 18.8 Å². The minimum atomic E-state index is -0.537. The van der Waals surface area contributed by atoms with E-state index in [2.05, 4.69) is 4.98 Å². The molecule has 0 radical (unpaired) electrons. The SMILES string of the molecule is O=C(CCn1c(=O)[nH]c(=O)c2ccccc21)N1CCc2cc(F)ccc21. The normalized spacial score (nSPS) is 13.2. The Morgan fingerprint density at radius 2 is 1.96 bits per heavy atom. The van der Waals surface area contributed by atoms with Gasteiger partial charge in [-0.2, -0.15) is 0 Å². The lowest BCUT2D eigenvalue weighted by Gasteiger charge is -2.18. The molecule has 0 aliphatic carbocycles. The number of hydrogen-bond acceptors (Lipinski definition) is 3. The first-order valence-electron chi connectivity index (χ1n) is 8.35. The standard InChI is InChI=1S/C19H16FN3O3/c20-13-5-6-15-12(11-13)7-9-22(15)17(24)8-10-23-16-4-2-1-3-14(16)18(25)21-19(23)26/h1-6,11H,7-10H2,(H,21,25,26). The molecule has 0 bridgehead atoms. The summed E-state index contributed by atoms with van der Waals surface area (Å²) in [7, 11) is 0. The highest BCUT2D eigenvalue weighted by molar-refractivity contribution is 5.95. The Morgan fingerprint density at radius 1 is 1.15 bits per heavy atom. The molecule has 0 fully saturated rings. The van der Waals surface area contributed by atoms with E-state index in [1.165, 1.54) is 16.7 Å². The lowest BCUT2D eigenvalue weighted by Crippen LogP contribution is -2.34. The van der Waals surface area contributed by atoms with Gasteiger partial charge in [-0.1, -0.05) is 12.1 Å². The van der Waals surface area contributed by atoms with Crippen molar-refractivity contribution in [3.8, 4) is 0 Å². The molecule has 0 unspecified atom stereocenters.